The number of hydrogen-bond acceptors (Lipinski definition) is 2. The van der Waals surface area contributed by atoms with Gasteiger partial charge in [-0.25, -0.2) is 0 Å². The Balaban J connectivity index is 4.55. The van der Waals surface area contributed by atoms with E-state index in [9.17, 15) is 9.59 Å². The number of allylic oxidation sites excluding steroid dienone is 1. The van der Waals surface area contributed by atoms with E-state index in [1.54, 1.807) is 0 Å². The van der Waals surface area contributed by atoms with Crippen LogP contribution >= 0.6 is 0 Å². The molecule has 86 valence electrons. The van der Waals surface area contributed by atoms with Crippen LogP contribution in [0, 0.1) is 5.41 Å². The van der Waals surface area contributed by atoms with Gasteiger partial charge < -0.3 is 10.0 Å². The lowest BCUT2D eigenvalue weighted by Crippen LogP contribution is -2.31. The summed E-state index contributed by atoms with van der Waals surface area (Å²) in [5.41, 5.74) is 0.865. The van der Waals surface area contributed by atoms with Crippen LogP contribution < -0.4 is 0 Å². The van der Waals surface area contributed by atoms with Crippen molar-refractivity contribution in [3.63, 3.8) is 0 Å². The van der Waals surface area contributed by atoms with E-state index in [4.69, 9.17) is 5.11 Å². The number of rotatable bonds is 3. The molecule has 0 saturated carbocycles. The number of carbonyl (C=O) groups is 2. The maximum Gasteiger partial charge on any atom is 0.323 e. The molecule has 0 aliphatic carbocycles. The second-order valence-electron chi connectivity index (χ2n) is 4.67. The van der Waals surface area contributed by atoms with Gasteiger partial charge in [0.05, 0.1) is 0 Å². The van der Waals surface area contributed by atoms with Crippen molar-refractivity contribution in [2.24, 2.45) is 5.41 Å². The Hall–Kier alpha value is -1.32. The molecule has 0 unspecified atom stereocenters. The predicted molar refractivity (Wildman–Crippen MR) is 58.5 cm³/mol. The van der Waals surface area contributed by atoms with Gasteiger partial charge in [0, 0.05) is 13.1 Å². The van der Waals surface area contributed by atoms with Gasteiger partial charge in [-0.2, -0.15) is 0 Å². The van der Waals surface area contributed by atoms with E-state index in [2.05, 4.69) is 0 Å². The number of carbonyl (C=O) groups excluding carboxylic acids is 1. The average molecular weight is 213 g/mol. The molecule has 0 rings (SSSR count). The average Bonchev–Trinajstić information content (AvgIpc) is 2.00. The van der Waals surface area contributed by atoms with Crippen LogP contribution in [-0.4, -0.2) is 35.5 Å². The molecule has 0 spiro atoms. The van der Waals surface area contributed by atoms with Crippen LogP contribution in [0.25, 0.3) is 0 Å². The number of aliphatic carboxylic acids is 1. The molecule has 4 nitrogen and oxygen atoms in total. The van der Waals surface area contributed by atoms with Crippen molar-refractivity contribution in [3.05, 3.63) is 11.6 Å². The first kappa shape index (κ1) is 13.7. The minimum atomic E-state index is -1.01. The summed E-state index contributed by atoms with van der Waals surface area (Å²) in [7, 11) is 1.48. The summed E-state index contributed by atoms with van der Waals surface area (Å²) in [4.78, 5) is 23.1. The summed E-state index contributed by atoms with van der Waals surface area (Å²) in [5.74, 6) is -1.28. The number of carboxylic acid groups (broad SMARTS) is 1. The molecule has 0 saturated heterocycles. The second kappa shape index (κ2) is 4.96. The molecule has 0 aromatic heterocycles. The zero-order valence-electron chi connectivity index (χ0n) is 10.00. The van der Waals surface area contributed by atoms with Crippen molar-refractivity contribution in [2.45, 2.75) is 27.7 Å². The summed E-state index contributed by atoms with van der Waals surface area (Å²) < 4.78 is 0. The summed E-state index contributed by atoms with van der Waals surface area (Å²) in [6.45, 7) is 7.61. The first-order valence-electron chi connectivity index (χ1n) is 4.80. The van der Waals surface area contributed by atoms with E-state index >= 15 is 0 Å². The van der Waals surface area contributed by atoms with Gasteiger partial charge in [-0.05, 0) is 12.3 Å². The predicted octanol–water partition coefficient (Wildman–Crippen LogP) is 1.52. The summed E-state index contributed by atoms with van der Waals surface area (Å²) in [5, 5.41) is 8.51. The van der Waals surface area contributed by atoms with E-state index in [1.165, 1.54) is 18.0 Å². The zero-order valence-corrected chi connectivity index (χ0v) is 10.00. The van der Waals surface area contributed by atoms with Crippen LogP contribution in [0.2, 0.25) is 0 Å². The number of hydrogen-bond donors (Lipinski definition) is 1. The van der Waals surface area contributed by atoms with Crippen LogP contribution in [0.1, 0.15) is 27.7 Å². The lowest BCUT2D eigenvalue weighted by Gasteiger charge is -2.20. The molecule has 0 aliphatic rings. The Bertz CT molecular complexity index is 287. The smallest absolute Gasteiger partial charge is 0.323 e. The molecule has 0 bridgehead atoms. The Morgan fingerprint density at radius 3 is 2.13 bits per heavy atom. The highest BCUT2D eigenvalue weighted by Gasteiger charge is 2.16. The Kier molecular flexibility index (Phi) is 4.52. The van der Waals surface area contributed by atoms with Gasteiger partial charge in [0.2, 0.25) is 5.91 Å². The van der Waals surface area contributed by atoms with E-state index in [-0.39, 0.29) is 17.9 Å². The lowest BCUT2D eigenvalue weighted by atomic mass is 9.87. The molecule has 0 fully saturated rings. The molecule has 0 aromatic carbocycles. The quantitative estimate of drug-likeness (QED) is 0.723. The first-order chi connectivity index (χ1) is 6.64. The highest BCUT2D eigenvalue weighted by Crippen LogP contribution is 2.24. The number of likely N-dealkylation sites (N-methyl/N-ethyl adjacent to an activating group) is 1. The van der Waals surface area contributed by atoms with E-state index < -0.39 is 5.97 Å². The third kappa shape index (κ3) is 5.20. The first-order valence-corrected chi connectivity index (χ1v) is 4.80. The van der Waals surface area contributed by atoms with Crippen molar-refractivity contribution in [1.82, 2.24) is 4.90 Å². The summed E-state index contributed by atoms with van der Waals surface area (Å²) in [6.07, 6.45) is 1.49. The van der Waals surface area contributed by atoms with Gasteiger partial charge >= 0.3 is 5.97 Å². The number of nitrogens with zero attached hydrogens (tertiary/aromatic N) is 1. The van der Waals surface area contributed by atoms with Crippen LogP contribution in [0.5, 0.6) is 0 Å². The molecule has 15 heavy (non-hydrogen) atoms. The summed E-state index contributed by atoms with van der Waals surface area (Å²) in [6, 6.07) is 0. The van der Waals surface area contributed by atoms with Crippen molar-refractivity contribution >= 4 is 11.9 Å². The van der Waals surface area contributed by atoms with Gasteiger partial charge in [0.1, 0.15) is 6.54 Å². The SMILES string of the molecule is C/C(=C/C(=O)N(C)CC(=O)O)C(C)(C)C. The molecular weight excluding hydrogens is 194 g/mol. The van der Waals surface area contributed by atoms with Gasteiger partial charge in [0.25, 0.3) is 0 Å². The van der Waals surface area contributed by atoms with Crippen molar-refractivity contribution in [2.75, 3.05) is 13.6 Å². The van der Waals surface area contributed by atoms with E-state index in [1.807, 2.05) is 27.7 Å². The fourth-order valence-electron chi connectivity index (χ4n) is 0.793. The normalized spacial score (nSPS) is 12.5. The molecular formula is C11H19NO3. The maximum atomic E-state index is 11.5. The van der Waals surface area contributed by atoms with Gasteiger partial charge in [-0.15, -0.1) is 0 Å². The molecule has 0 radical (unpaired) electrons. The van der Waals surface area contributed by atoms with Gasteiger partial charge in [-0.1, -0.05) is 26.3 Å². The number of amides is 1. The molecule has 1 amide bonds. The molecule has 1 N–H and O–H groups in total. The second-order valence-corrected chi connectivity index (χ2v) is 4.67. The van der Waals surface area contributed by atoms with E-state index in [0.29, 0.717) is 0 Å². The van der Waals surface area contributed by atoms with Crippen LogP contribution in [0.4, 0.5) is 0 Å². The Morgan fingerprint density at radius 1 is 1.33 bits per heavy atom. The van der Waals surface area contributed by atoms with Crippen LogP contribution in [0.3, 0.4) is 0 Å². The fourth-order valence-corrected chi connectivity index (χ4v) is 0.793. The monoisotopic (exact) mass is 213 g/mol. The Labute approximate surface area is 90.6 Å². The van der Waals surface area contributed by atoms with Crippen LogP contribution in [-0.2, 0) is 9.59 Å². The summed E-state index contributed by atoms with van der Waals surface area (Å²) >= 11 is 0. The minimum absolute atomic E-state index is 0.0697. The highest BCUT2D eigenvalue weighted by molar-refractivity contribution is 5.90. The lowest BCUT2D eigenvalue weighted by molar-refractivity contribution is -0.141. The highest BCUT2D eigenvalue weighted by atomic mass is 16.4. The van der Waals surface area contributed by atoms with Gasteiger partial charge in [-0.3, -0.25) is 9.59 Å². The van der Waals surface area contributed by atoms with Crippen molar-refractivity contribution < 1.29 is 14.7 Å². The zero-order chi connectivity index (χ0) is 12.2. The largest absolute Gasteiger partial charge is 0.480 e. The van der Waals surface area contributed by atoms with E-state index in [0.717, 1.165) is 5.57 Å². The van der Waals surface area contributed by atoms with Gasteiger partial charge in [0.15, 0.2) is 0 Å². The topological polar surface area (TPSA) is 57.6 Å². The fraction of sp³-hybridized carbons (Fsp3) is 0.636. The van der Waals surface area contributed by atoms with Crippen LogP contribution in [0.15, 0.2) is 11.6 Å². The standard InChI is InChI=1S/C11H19NO3/c1-8(11(2,3)4)6-9(13)12(5)7-10(14)15/h6H,7H2,1-5H3,(H,14,15)/b8-6-. The third-order valence-corrected chi connectivity index (χ3v) is 2.27. The minimum Gasteiger partial charge on any atom is -0.480 e. The molecule has 0 heterocycles. The molecule has 0 atom stereocenters. The number of carboxylic acids is 1. The molecule has 0 aromatic rings. The Morgan fingerprint density at radius 2 is 1.80 bits per heavy atom. The van der Waals surface area contributed by atoms with Crippen molar-refractivity contribution in [1.29, 1.82) is 0 Å². The molecule has 0 aliphatic heterocycles. The van der Waals surface area contributed by atoms with Crippen molar-refractivity contribution in [3.8, 4) is 0 Å². The molecule has 4 heteroatoms. The maximum absolute atomic E-state index is 11.5. The third-order valence-electron chi connectivity index (χ3n) is 2.27.